The SMILES string of the molecule is CCCCc1cc[c-](Cc2ccccc2)c1.CCCCc1cc[c-](Cc2ccccc2)c1.[Cl-].[Cl-].[Zr+4]. The van der Waals surface area contributed by atoms with Gasteiger partial charge in [-0.15, -0.1) is 0 Å². The molecule has 0 bridgehead atoms. The van der Waals surface area contributed by atoms with Gasteiger partial charge in [0, 0.05) is 0 Å². The number of hydrogen-bond donors (Lipinski definition) is 0. The maximum absolute atomic E-state index is 2.35. The van der Waals surface area contributed by atoms with Gasteiger partial charge in [0.2, 0.25) is 0 Å². The molecule has 184 valence electrons. The molecule has 3 heteroatoms. The van der Waals surface area contributed by atoms with Gasteiger partial charge >= 0.3 is 26.2 Å². The first-order chi connectivity index (χ1) is 15.8. The minimum atomic E-state index is 0. The number of aryl methyl sites for hydroxylation is 2. The van der Waals surface area contributed by atoms with Crippen molar-refractivity contribution in [3.05, 3.63) is 130 Å². The molecule has 4 rings (SSSR count). The molecule has 0 aromatic heterocycles. The zero-order valence-corrected chi connectivity index (χ0v) is 25.1. The van der Waals surface area contributed by atoms with E-state index in [-0.39, 0.29) is 51.0 Å². The van der Waals surface area contributed by atoms with Crippen LogP contribution in [0.15, 0.2) is 97.1 Å². The molecular formula is C32H38Cl2Zr. The molecule has 0 nitrogen and oxygen atoms in total. The molecule has 0 heterocycles. The van der Waals surface area contributed by atoms with E-state index >= 15 is 0 Å². The molecule has 0 aliphatic carbocycles. The Balaban J connectivity index is 0.000000608. The van der Waals surface area contributed by atoms with Crippen molar-refractivity contribution in [3.8, 4) is 0 Å². The first-order valence-corrected chi connectivity index (χ1v) is 12.3. The minimum Gasteiger partial charge on any atom is -1.00 e. The van der Waals surface area contributed by atoms with Crippen molar-refractivity contribution in [1.29, 1.82) is 0 Å². The Morgan fingerprint density at radius 3 is 1.23 bits per heavy atom. The summed E-state index contributed by atoms with van der Waals surface area (Å²) in [6.07, 6.45) is 9.73. The van der Waals surface area contributed by atoms with Crippen LogP contribution >= 0.6 is 0 Å². The second kappa shape index (κ2) is 19.8. The van der Waals surface area contributed by atoms with Crippen LogP contribution in [0.25, 0.3) is 0 Å². The summed E-state index contributed by atoms with van der Waals surface area (Å²) < 4.78 is 0. The summed E-state index contributed by atoms with van der Waals surface area (Å²) >= 11 is 0. The van der Waals surface area contributed by atoms with Gasteiger partial charge in [-0.25, -0.2) is 12.1 Å². The van der Waals surface area contributed by atoms with Gasteiger partial charge in [0.1, 0.15) is 0 Å². The first-order valence-electron chi connectivity index (χ1n) is 12.3. The van der Waals surface area contributed by atoms with E-state index in [4.69, 9.17) is 0 Å². The Hall–Kier alpha value is -1.40. The third-order valence-electron chi connectivity index (χ3n) is 5.90. The summed E-state index contributed by atoms with van der Waals surface area (Å²) in [5, 5.41) is 0. The average molecular weight is 585 g/mol. The molecule has 0 saturated carbocycles. The average Bonchev–Trinajstić information content (AvgIpc) is 3.47. The monoisotopic (exact) mass is 582 g/mol. The van der Waals surface area contributed by atoms with Gasteiger partial charge in [0.15, 0.2) is 0 Å². The Bertz CT molecular complexity index is 919. The summed E-state index contributed by atoms with van der Waals surface area (Å²) in [4.78, 5) is 0. The van der Waals surface area contributed by atoms with Gasteiger partial charge in [-0.1, -0.05) is 124 Å². The normalized spacial score (nSPS) is 9.66. The van der Waals surface area contributed by atoms with E-state index in [1.165, 1.54) is 71.9 Å². The fourth-order valence-corrected chi connectivity index (χ4v) is 4.05. The van der Waals surface area contributed by atoms with Gasteiger partial charge in [-0.2, -0.15) is 46.5 Å². The zero-order valence-electron chi connectivity index (χ0n) is 21.2. The van der Waals surface area contributed by atoms with Crippen molar-refractivity contribution < 1.29 is 51.0 Å². The third-order valence-corrected chi connectivity index (χ3v) is 5.90. The van der Waals surface area contributed by atoms with Crippen LogP contribution in [0.2, 0.25) is 0 Å². The summed E-state index contributed by atoms with van der Waals surface area (Å²) in [5.74, 6) is 0. The van der Waals surface area contributed by atoms with Gasteiger partial charge in [-0.05, 0) is 12.8 Å². The molecule has 0 N–H and O–H groups in total. The Labute approximate surface area is 245 Å². The Morgan fingerprint density at radius 1 is 0.514 bits per heavy atom. The molecule has 0 fully saturated rings. The van der Waals surface area contributed by atoms with Gasteiger partial charge < -0.3 is 24.8 Å². The van der Waals surface area contributed by atoms with E-state index in [9.17, 15) is 0 Å². The van der Waals surface area contributed by atoms with E-state index in [0.717, 1.165) is 12.8 Å². The number of halogens is 2. The van der Waals surface area contributed by atoms with E-state index < -0.39 is 0 Å². The maximum atomic E-state index is 2.35. The van der Waals surface area contributed by atoms with Crippen LogP contribution < -0.4 is 24.8 Å². The predicted octanol–water partition coefficient (Wildman–Crippen LogP) is 2.68. The van der Waals surface area contributed by atoms with Crippen molar-refractivity contribution in [1.82, 2.24) is 0 Å². The van der Waals surface area contributed by atoms with Crippen molar-refractivity contribution in [2.75, 3.05) is 0 Å². The van der Waals surface area contributed by atoms with Gasteiger partial charge in [0.05, 0.1) is 0 Å². The Morgan fingerprint density at radius 2 is 0.886 bits per heavy atom. The zero-order chi connectivity index (χ0) is 22.4. The molecular weight excluding hydrogens is 546 g/mol. The summed E-state index contributed by atoms with van der Waals surface area (Å²) in [6.45, 7) is 4.49. The van der Waals surface area contributed by atoms with Crippen molar-refractivity contribution in [3.63, 3.8) is 0 Å². The quantitative estimate of drug-likeness (QED) is 0.252. The van der Waals surface area contributed by atoms with Crippen LogP contribution in [0.5, 0.6) is 0 Å². The molecule has 0 aliphatic rings. The molecule has 4 aromatic rings. The minimum absolute atomic E-state index is 0. The first kappa shape index (κ1) is 33.6. The van der Waals surface area contributed by atoms with E-state index in [1.54, 1.807) is 0 Å². The fraction of sp³-hybridized carbons (Fsp3) is 0.312. The summed E-state index contributed by atoms with van der Waals surface area (Å²) in [6, 6.07) is 35.1. The van der Waals surface area contributed by atoms with Gasteiger partial charge in [-0.3, -0.25) is 0 Å². The molecule has 0 aliphatic heterocycles. The molecule has 0 atom stereocenters. The number of hydrogen-bond acceptors (Lipinski definition) is 0. The number of benzene rings is 2. The van der Waals surface area contributed by atoms with Crippen LogP contribution in [-0.2, 0) is 51.9 Å². The standard InChI is InChI=1S/2C16H19.2ClH.Zr/c2*1-2-3-7-15-10-11-16(13-15)12-14-8-5-4-6-9-14;;;/h2*4-6,8-11,13H,2-3,7,12H2,1H3;2*1H;/q2*-1;;;+4/p-2. The fourth-order valence-electron chi connectivity index (χ4n) is 4.05. The van der Waals surface area contributed by atoms with Crippen LogP contribution in [0, 0.1) is 0 Å². The number of unbranched alkanes of at least 4 members (excludes halogenated alkanes) is 2. The van der Waals surface area contributed by atoms with E-state index in [2.05, 4.69) is 111 Å². The molecule has 4 aromatic carbocycles. The molecule has 0 radical (unpaired) electrons. The summed E-state index contributed by atoms with van der Waals surface area (Å²) in [7, 11) is 0. The molecule has 35 heavy (non-hydrogen) atoms. The largest absolute Gasteiger partial charge is 4.00 e. The third kappa shape index (κ3) is 12.9. The Kier molecular flexibility index (Phi) is 19.0. The van der Waals surface area contributed by atoms with Crippen LogP contribution in [0.4, 0.5) is 0 Å². The second-order valence-electron chi connectivity index (χ2n) is 8.79. The van der Waals surface area contributed by atoms with Crippen molar-refractivity contribution in [2.24, 2.45) is 0 Å². The smallest absolute Gasteiger partial charge is 1.00 e. The molecule has 0 spiro atoms. The van der Waals surface area contributed by atoms with Crippen LogP contribution in [0.3, 0.4) is 0 Å². The van der Waals surface area contributed by atoms with E-state index in [1.807, 2.05) is 0 Å². The number of rotatable bonds is 10. The molecule has 0 amide bonds. The van der Waals surface area contributed by atoms with Gasteiger partial charge in [0.25, 0.3) is 0 Å². The van der Waals surface area contributed by atoms with E-state index in [0.29, 0.717) is 0 Å². The van der Waals surface area contributed by atoms with Crippen LogP contribution in [0.1, 0.15) is 72.9 Å². The molecule has 0 saturated heterocycles. The van der Waals surface area contributed by atoms with Crippen LogP contribution in [-0.4, -0.2) is 0 Å². The predicted molar refractivity (Wildman–Crippen MR) is 140 cm³/mol. The molecule has 0 unspecified atom stereocenters. The maximum Gasteiger partial charge on any atom is 4.00 e. The van der Waals surface area contributed by atoms with Crippen molar-refractivity contribution >= 4 is 0 Å². The second-order valence-corrected chi connectivity index (χ2v) is 8.79. The van der Waals surface area contributed by atoms with Crippen molar-refractivity contribution in [2.45, 2.75) is 65.2 Å². The summed E-state index contributed by atoms with van der Waals surface area (Å²) in [5.41, 5.74) is 8.67. The topological polar surface area (TPSA) is 0 Å².